The number of benzene rings is 2. The van der Waals surface area contributed by atoms with Gasteiger partial charge in [0.15, 0.2) is 11.0 Å². The summed E-state index contributed by atoms with van der Waals surface area (Å²) in [6, 6.07) is 24.1. The van der Waals surface area contributed by atoms with Crippen LogP contribution in [0.5, 0.6) is 0 Å². The number of hydrogen-bond acceptors (Lipinski definition) is 4. The number of hydrogen-bond donors (Lipinski definition) is 0. The average Bonchev–Trinajstić information content (AvgIpc) is 3.13. The minimum absolute atomic E-state index is 0.522. The van der Waals surface area contributed by atoms with Crippen LogP contribution in [0.2, 0.25) is 5.15 Å². The molecule has 0 radical (unpaired) electrons. The molecule has 0 amide bonds. The Morgan fingerprint density at radius 1 is 0.846 bits per heavy atom. The monoisotopic (exact) mass is 378 g/mol. The zero-order valence-electron chi connectivity index (χ0n) is 13.8. The Kier molecular flexibility index (Phi) is 5.00. The van der Waals surface area contributed by atoms with E-state index in [2.05, 4.69) is 31.9 Å². The van der Waals surface area contributed by atoms with Crippen molar-refractivity contribution in [1.82, 2.24) is 19.7 Å². The van der Waals surface area contributed by atoms with Crippen molar-refractivity contribution >= 4 is 23.4 Å². The fourth-order valence-electron chi connectivity index (χ4n) is 2.62. The maximum Gasteiger partial charge on any atom is 0.196 e. The molecular formula is C20H15ClN4S. The summed E-state index contributed by atoms with van der Waals surface area (Å²) in [5, 5.41) is 10.2. The Morgan fingerprint density at radius 2 is 1.58 bits per heavy atom. The molecule has 4 rings (SSSR count). The summed E-state index contributed by atoms with van der Waals surface area (Å²) in [6.45, 7) is 0. The predicted octanol–water partition coefficient (Wildman–Crippen LogP) is 5.28. The average molecular weight is 379 g/mol. The lowest BCUT2D eigenvalue weighted by Crippen LogP contribution is -1.99. The Bertz CT molecular complexity index is 1000. The van der Waals surface area contributed by atoms with Crippen molar-refractivity contribution in [2.45, 2.75) is 10.9 Å². The molecule has 0 unspecified atom stereocenters. The molecule has 0 bridgehead atoms. The number of pyridine rings is 1. The number of rotatable bonds is 5. The van der Waals surface area contributed by atoms with Crippen LogP contribution in [0.1, 0.15) is 5.56 Å². The summed E-state index contributed by atoms with van der Waals surface area (Å²) in [6.07, 6.45) is 1.69. The standard InChI is InChI=1S/C20H15ClN4S/c21-18-16(10-7-13-22-18)14-26-20-24-23-19(15-8-3-1-4-9-15)25(20)17-11-5-2-6-12-17/h1-13H,14H2. The molecule has 4 nitrogen and oxygen atoms in total. The Hall–Kier alpha value is -2.63. The lowest BCUT2D eigenvalue weighted by molar-refractivity contribution is 0.886. The third-order valence-electron chi connectivity index (χ3n) is 3.87. The molecule has 0 aliphatic heterocycles. The highest BCUT2D eigenvalue weighted by Crippen LogP contribution is 2.30. The molecule has 0 N–H and O–H groups in total. The summed E-state index contributed by atoms with van der Waals surface area (Å²) >= 11 is 7.77. The van der Waals surface area contributed by atoms with Crippen LogP contribution in [-0.2, 0) is 5.75 Å². The normalized spacial score (nSPS) is 10.8. The predicted molar refractivity (Wildman–Crippen MR) is 106 cm³/mol. The van der Waals surface area contributed by atoms with Gasteiger partial charge in [-0.15, -0.1) is 10.2 Å². The van der Waals surface area contributed by atoms with E-state index in [1.165, 1.54) is 0 Å². The SMILES string of the molecule is Clc1ncccc1CSc1nnc(-c2ccccc2)n1-c1ccccc1. The van der Waals surface area contributed by atoms with Crippen molar-refractivity contribution in [2.75, 3.05) is 0 Å². The van der Waals surface area contributed by atoms with Crippen molar-refractivity contribution in [3.63, 3.8) is 0 Å². The molecule has 128 valence electrons. The van der Waals surface area contributed by atoms with E-state index in [0.717, 1.165) is 27.8 Å². The van der Waals surface area contributed by atoms with Gasteiger partial charge in [-0.1, -0.05) is 78.0 Å². The van der Waals surface area contributed by atoms with Gasteiger partial charge in [0.2, 0.25) is 0 Å². The number of halogens is 1. The Morgan fingerprint density at radius 3 is 2.31 bits per heavy atom. The van der Waals surface area contributed by atoms with E-state index in [1.54, 1.807) is 18.0 Å². The van der Waals surface area contributed by atoms with Gasteiger partial charge >= 0.3 is 0 Å². The summed E-state index contributed by atoms with van der Waals surface area (Å²) < 4.78 is 2.07. The molecule has 0 saturated carbocycles. The zero-order chi connectivity index (χ0) is 17.8. The molecule has 26 heavy (non-hydrogen) atoms. The topological polar surface area (TPSA) is 43.6 Å². The second-order valence-corrected chi connectivity index (χ2v) is 6.89. The van der Waals surface area contributed by atoms with Crippen LogP contribution >= 0.6 is 23.4 Å². The largest absolute Gasteiger partial charge is 0.270 e. The van der Waals surface area contributed by atoms with E-state index >= 15 is 0 Å². The summed E-state index contributed by atoms with van der Waals surface area (Å²) in [5.74, 6) is 1.49. The highest BCUT2D eigenvalue weighted by molar-refractivity contribution is 7.98. The zero-order valence-corrected chi connectivity index (χ0v) is 15.4. The fraction of sp³-hybridized carbons (Fsp3) is 0.0500. The van der Waals surface area contributed by atoms with E-state index < -0.39 is 0 Å². The highest BCUT2D eigenvalue weighted by atomic mass is 35.5. The quantitative estimate of drug-likeness (QED) is 0.350. The van der Waals surface area contributed by atoms with Gasteiger partial charge in [0, 0.05) is 23.2 Å². The van der Waals surface area contributed by atoms with Gasteiger partial charge < -0.3 is 0 Å². The molecule has 0 saturated heterocycles. The molecule has 2 heterocycles. The van der Waals surface area contributed by atoms with E-state index in [0.29, 0.717) is 10.9 Å². The maximum absolute atomic E-state index is 6.18. The first-order chi connectivity index (χ1) is 12.8. The van der Waals surface area contributed by atoms with Gasteiger partial charge in [-0.05, 0) is 23.8 Å². The van der Waals surface area contributed by atoms with E-state index in [1.807, 2.05) is 60.7 Å². The van der Waals surface area contributed by atoms with Gasteiger partial charge in [-0.3, -0.25) is 4.57 Å². The first kappa shape index (κ1) is 16.8. The van der Waals surface area contributed by atoms with Crippen LogP contribution in [0.3, 0.4) is 0 Å². The number of para-hydroxylation sites is 1. The van der Waals surface area contributed by atoms with Gasteiger partial charge in [-0.2, -0.15) is 0 Å². The molecule has 4 aromatic rings. The molecule has 0 aliphatic rings. The van der Waals surface area contributed by atoms with Crippen LogP contribution < -0.4 is 0 Å². The number of thioether (sulfide) groups is 1. The van der Waals surface area contributed by atoms with Crippen LogP contribution in [0.4, 0.5) is 0 Å². The maximum atomic E-state index is 6.18. The summed E-state index contributed by atoms with van der Waals surface area (Å²) in [7, 11) is 0. The van der Waals surface area contributed by atoms with E-state index in [-0.39, 0.29) is 0 Å². The first-order valence-corrected chi connectivity index (χ1v) is 9.48. The third-order valence-corrected chi connectivity index (χ3v) is 5.19. The second-order valence-electron chi connectivity index (χ2n) is 5.59. The molecule has 6 heteroatoms. The summed E-state index contributed by atoms with van der Waals surface area (Å²) in [4.78, 5) is 4.13. The fourth-order valence-corrected chi connectivity index (χ4v) is 3.82. The Balaban J connectivity index is 1.73. The second kappa shape index (κ2) is 7.72. The van der Waals surface area contributed by atoms with Crippen LogP contribution in [0.15, 0.2) is 84.1 Å². The van der Waals surface area contributed by atoms with Gasteiger partial charge in [-0.25, -0.2) is 4.98 Å². The highest BCUT2D eigenvalue weighted by Gasteiger charge is 2.16. The van der Waals surface area contributed by atoms with E-state index in [9.17, 15) is 0 Å². The summed E-state index contributed by atoms with van der Waals surface area (Å²) in [5.41, 5.74) is 3.02. The van der Waals surface area contributed by atoms with Gasteiger partial charge in [0.1, 0.15) is 5.15 Å². The number of nitrogens with zero attached hydrogens (tertiary/aromatic N) is 4. The Labute approximate surface area is 160 Å². The molecule has 0 atom stereocenters. The third kappa shape index (κ3) is 3.49. The van der Waals surface area contributed by atoms with Gasteiger partial charge in [0.25, 0.3) is 0 Å². The van der Waals surface area contributed by atoms with Crippen molar-refractivity contribution in [3.8, 4) is 17.1 Å². The molecule has 2 aromatic heterocycles. The molecule has 0 fully saturated rings. The molecular weight excluding hydrogens is 364 g/mol. The van der Waals surface area contributed by atoms with E-state index in [4.69, 9.17) is 11.6 Å². The smallest absolute Gasteiger partial charge is 0.196 e. The van der Waals surface area contributed by atoms with Gasteiger partial charge in [0.05, 0.1) is 0 Å². The lowest BCUT2D eigenvalue weighted by atomic mass is 10.2. The van der Waals surface area contributed by atoms with Crippen molar-refractivity contribution in [3.05, 3.63) is 89.7 Å². The molecule has 0 spiro atoms. The minimum Gasteiger partial charge on any atom is -0.270 e. The van der Waals surface area contributed by atoms with Crippen LogP contribution in [0.25, 0.3) is 17.1 Å². The molecule has 2 aromatic carbocycles. The number of aromatic nitrogens is 4. The van der Waals surface area contributed by atoms with Crippen LogP contribution in [0, 0.1) is 0 Å². The lowest BCUT2D eigenvalue weighted by Gasteiger charge is -2.10. The van der Waals surface area contributed by atoms with Crippen LogP contribution in [-0.4, -0.2) is 19.7 Å². The van der Waals surface area contributed by atoms with Crippen molar-refractivity contribution in [2.24, 2.45) is 0 Å². The first-order valence-electron chi connectivity index (χ1n) is 8.11. The minimum atomic E-state index is 0.522. The molecule has 0 aliphatic carbocycles. The van der Waals surface area contributed by atoms with Crippen molar-refractivity contribution in [1.29, 1.82) is 0 Å². The van der Waals surface area contributed by atoms with Crippen molar-refractivity contribution < 1.29 is 0 Å².